The van der Waals surface area contributed by atoms with Crippen LogP contribution in [-0.2, 0) is 9.57 Å². The number of thiocarbonyl (C=S) groups is 1. The molecule has 1 aromatic rings. The van der Waals surface area contributed by atoms with Gasteiger partial charge in [0.1, 0.15) is 5.75 Å². The van der Waals surface area contributed by atoms with E-state index >= 15 is 0 Å². The van der Waals surface area contributed by atoms with Crippen LogP contribution in [0.1, 0.15) is 26.3 Å². The number of ether oxygens (including phenoxy) is 2. The predicted octanol–water partition coefficient (Wildman–Crippen LogP) is 3.47. The molecule has 4 nitrogen and oxygen atoms in total. The molecule has 1 heterocycles. The van der Waals surface area contributed by atoms with Crippen LogP contribution in [0.3, 0.4) is 0 Å². The van der Waals surface area contributed by atoms with Crippen LogP contribution in [-0.4, -0.2) is 43.0 Å². The van der Waals surface area contributed by atoms with Crippen LogP contribution in [0, 0.1) is 0 Å². The van der Waals surface area contributed by atoms with E-state index in [9.17, 15) is 0 Å². The number of hydrogen-bond acceptors (Lipinski definition) is 5. The summed E-state index contributed by atoms with van der Waals surface area (Å²) in [6.45, 7) is 9.49. The quantitative estimate of drug-likeness (QED) is 0.787. The average molecular weight is 334 g/mol. The summed E-state index contributed by atoms with van der Waals surface area (Å²) in [5.41, 5.74) is 0.889. The van der Waals surface area contributed by atoms with Gasteiger partial charge in [-0.05, 0) is 43.4 Å². The van der Waals surface area contributed by atoms with E-state index in [2.05, 4.69) is 0 Å². The van der Waals surface area contributed by atoms with Crippen LogP contribution in [0.2, 0.25) is 0 Å². The lowest BCUT2D eigenvalue weighted by atomic mass is 10.2. The summed E-state index contributed by atoms with van der Waals surface area (Å²) < 4.78 is 10.6. The van der Waals surface area contributed by atoms with Crippen molar-refractivity contribution in [3.8, 4) is 5.75 Å². The zero-order valence-electron chi connectivity index (χ0n) is 12.8. The number of benzene rings is 1. The Hall–Kier alpha value is -0.880. The van der Waals surface area contributed by atoms with Crippen molar-refractivity contribution in [3.05, 3.63) is 29.8 Å². The normalized spacial score (nSPS) is 14.2. The second-order valence-electron chi connectivity index (χ2n) is 3.88. The first-order valence-corrected chi connectivity index (χ1v) is 7.48. The van der Waals surface area contributed by atoms with E-state index in [0.29, 0.717) is 24.9 Å². The third-order valence-corrected chi connectivity index (χ3v) is 2.89. The van der Waals surface area contributed by atoms with Crippen molar-refractivity contribution in [3.63, 3.8) is 0 Å². The Balaban J connectivity index is 0.00000128. The number of halogens is 1. The monoisotopic (exact) mass is 333 g/mol. The first-order valence-electron chi connectivity index (χ1n) is 7.07. The molecule has 0 N–H and O–H groups in total. The molecule has 1 fully saturated rings. The third-order valence-electron chi connectivity index (χ3n) is 2.58. The lowest BCUT2D eigenvalue weighted by molar-refractivity contribution is -0.126. The summed E-state index contributed by atoms with van der Waals surface area (Å²) in [6.07, 6.45) is 0. The first-order chi connectivity index (χ1) is 9.79. The summed E-state index contributed by atoms with van der Waals surface area (Å²) in [5.74, 6) is 0.843. The molecule has 120 valence electrons. The van der Waals surface area contributed by atoms with Crippen molar-refractivity contribution in [2.45, 2.75) is 20.8 Å². The molecule has 1 aliphatic heterocycles. The SMILES string of the molecule is CC.CCOc1ccc(C(=S)ON2CCOCC2)cc1.Cl. The number of nitrogens with zero attached hydrogens (tertiary/aromatic N) is 1. The lowest BCUT2D eigenvalue weighted by Crippen LogP contribution is -2.37. The van der Waals surface area contributed by atoms with Crippen molar-refractivity contribution in [2.75, 3.05) is 32.9 Å². The second-order valence-corrected chi connectivity index (χ2v) is 4.25. The van der Waals surface area contributed by atoms with Gasteiger partial charge in [-0.15, -0.1) is 17.5 Å². The maximum absolute atomic E-state index is 5.62. The van der Waals surface area contributed by atoms with Crippen LogP contribution in [0.25, 0.3) is 0 Å². The van der Waals surface area contributed by atoms with Gasteiger partial charge < -0.3 is 14.3 Å². The van der Waals surface area contributed by atoms with E-state index in [4.69, 9.17) is 26.5 Å². The number of hydroxylamine groups is 2. The van der Waals surface area contributed by atoms with Gasteiger partial charge in [0, 0.05) is 5.56 Å². The molecule has 0 aliphatic carbocycles. The van der Waals surface area contributed by atoms with Gasteiger partial charge in [-0.25, -0.2) is 0 Å². The van der Waals surface area contributed by atoms with Gasteiger partial charge in [-0.3, -0.25) is 0 Å². The van der Waals surface area contributed by atoms with E-state index in [1.807, 2.05) is 50.1 Å². The molecular weight excluding hydrogens is 310 g/mol. The van der Waals surface area contributed by atoms with Gasteiger partial charge in [0.2, 0.25) is 5.05 Å². The van der Waals surface area contributed by atoms with E-state index in [1.54, 1.807) is 0 Å². The molecule has 0 saturated carbocycles. The smallest absolute Gasteiger partial charge is 0.218 e. The molecule has 0 spiro atoms. The second kappa shape index (κ2) is 11.7. The van der Waals surface area contributed by atoms with Gasteiger partial charge in [-0.1, -0.05) is 13.8 Å². The molecule has 0 unspecified atom stereocenters. The molecule has 6 heteroatoms. The molecule has 0 atom stereocenters. The fourth-order valence-electron chi connectivity index (χ4n) is 1.66. The summed E-state index contributed by atoms with van der Waals surface area (Å²) in [4.78, 5) is 5.62. The fraction of sp³-hybridized carbons (Fsp3) is 0.533. The summed E-state index contributed by atoms with van der Waals surface area (Å²) >= 11 is 5.26. The van der Waals surface area contributed by atoms with Crippen LogP contribution < -0.4 is 4.74 Å². The molecule has 1 aromatic carbocycles. The molecule has 0 amide bonds. The van der Waals surface area contributed by atoms with Crippen molar-refractivity contribution < 1.29 is 14.3 Å². The Kier molecular flexibility index (Phi) is 11.3. The Morgan fingerprint density at radius 3 is 2.29 bits per heavy atom. The van der Waals surface area contributed by atoms with Crippen molar-refractivity contribution in [1.29, 1.82) is 0 Å². The van der Waals surface area contributed by atoms with Crippen LogP contribution in [0.4, 0.5) is 0 Å². The first kappa shape index (κ1) is 20.1. The lowest BCUT2D eigenvalue weighted by Gasteiger charge is -2.26. The summed E-state index contributed by atoms with van der Waals surface area (Å²) in [7, 11) is 0. The Morgan fingerprint density at radius 1 is 1.19 bits per heavy atom. The highest BCUT2D eigenvalue weighted by Gasteiger charge is 2.14. The van der Waals surface area contributed by atoms with Crippen LogP contribution >= 0.6 is 24.6 Å². The third kappa shape index (κ3) is 7.09. The zero-order valence-corrected chi connectivity index (χ0v) is 14.5. The fourth-order valence-corrected chi connectivity index (χ4v) is 1.90. The molecule has 0 radical (unpaired) electrons. The highest BCUT2D eigenvalue weighted by molar-refractivity contribution is 7.80. The minimum Gasteiger partial charge on any atom is -0.494 e. The minimum absolute atomic E-state index is 0. The highest BCUT2D eigenvalue weighted by Crippen LogP contribution is 2.14. The van der Waals surface area contributed by atoms with Gasteiger partial charge in [0.05, 0.1) is 32.9 Å². The number of morpholine rings is 1. The van der Waals surface area contributed by atoms with Crippen molar-refractivity contribution >= 4 is 29.7 Å². The minimum atomic E-state index is 0. The molecule has 2 rings (SSSR count). The average Bonchev–Trinajstić information content (AvgIpc) is 2.51. The van der Waals surface area contributed by atoms with Gasteiger partial charge >= 0.3 is 0 Å². The largest absolute Gasteiger partial charge is 0.494 e. The summed E-state index contributed by atoms with van der Waals surface area (Å²) in [6, 6.07) is 7.61. The topological polar surface area (TPSA) is 30.9 Å². The standard InChI is InChI=1S/C13H17NO3S.C2H6.ClH/c1-2-16-12-5-3-11(4-6-12)13(18)17-14-7-9-15-10-8-14;1-2;/h3-6H,2,7-10H2,1H3;1-2H3;1H. The van der Waals surface area contributed by atoms with Gasteiger partial charge in [-0.2, -0.15) is 0 Å². The van der Waals surface area contributed by atoms with E-state index < -0.39 is 0 Å². The Labute approximate surface area is 138 Å². The maximum atomic E-state index is 5.62. The number of hydrogen-bond donors (Lipinski definition) is 0. The zero-order chi connectivity index (χ0) is 14.8. The van der Waals surface area contributed by atoms with Gasteiger partial charge in [0.15, 0.2) is 0 Å². The number of rotatable bonds is 4. The van der Waals surface area contributed by atoms with Crippen molar-refractivity contribution in [2.24, 2.45) is 0 Å². The predicted molar refractivity (Wildman–Crippen MR) is 91.4 cm³/mol. The van der Waals surface area contributed by atoms with Crippen LogP contribution in [0.5, 0.6) is 5.75 Å². The molecule has 0 bridgehead atoms. The molecule has 1 saturated heterocycles. The van der Waals surface area contributed by atoms with Crippen molar-refractivity contribution in [1.82, 2.24) is 5.06 Å². The maximum Gasteiger partial charge on any atom is 0.218 e. The van der Waals surface area contributed by atoms with E-state index in [1.165, 1.54) is 0 Å². The van der Waals surface area contributed by atoms with E-state index in [-0.39, 0.29) is 12.4 Å². The molecule has 1 aliphatic rings. The highest BCUT2D eigenvalue weighted by atomic mass is 35.5. The Morgan fingerprint density at radius 2 is 1.76 bits per heavy atom. The van der Waals surface area contributed by atoms with Gasteiger partial charge in [0.25, 0.3) is 0 Å². The molecule has 0 aromatic heterocycles. The summed E-state index contributed by atoms with van der Waals surface area (Å²) in [5, 5.41) is 2.32. The molecule has 21 heavy (non-hydrogen) atoms. The Bertz CT molecular complexity index is 394. The van der Waals surface area contributed by atoms with Crippen LogP contribution in [0.15, 0.2) is 24.3 Å². The molecular formula is C15H24ClNO3S. The van der Waals surface area contributed by atoms with E-state index in [0.717, 1.165) is 24.4 Å².